The molecule has 5 heteroatoms. The lowest BCUT2D eigenvalue weighted by Gasteiger charge is -2.18. The topological polar surface area (TPSA) is 17.8 Å². The molecule has 1 aromatic carbocycles. The largest absolute Gasteiger partial charge is 0.324 e. The van der Waals surface area contributed by atoms with E-state index in [1.807, 2.05) is 19.1 Å². The zero-order chi connectivity index (χ0) is 15.0. The molecular weight excluding hydrogens is 323 g/mol. The molecule has 0 radical (unpaired) electrons. The van der Waals surface area contributed by atoms with Gasteiger partial charge in [0.25, 0.3) is 0 Å². The molecule has 3 rings (SSSR count). The Morgan fingerprint density at radius 2 is 2.24 bits per heavy atom. The molecule has 114 valence electrons. The van der Waals surface area contributed by atoms with E-state index in [1.165, 1.54) is 25.0 Å². The highest BCUT2D eigenvalue weighted by atomic mass is 35.5. The first-order valence-corrected chi connectivity index (χ1v) is 9.40. The van der Waals surface area contributed by atoms with Crippen LogP contribution in [0.15, 0.2) is 18.2 Å². The molecule has 3 atom stereocenters. The number of rotatable bonds is 4. The van der Waals surface area contributed by atoms with Crippen molar-refractivity contribution in [3.05, 3.63) is 29.0 Å². The summed E-state index contributed by atoms with van der Waals surface area (Å²) >= 11 is 14.8. The molecule has 0 aliphatic heterocycles. The van der Waals surface area contributed by atoms with Crippen molar-refractivity contribution < 1.29 is 0 Å². The number of hydrogen-bond acceptors (Lipinski definition) is 2. The molecule has 1 saturated carbocycles. The summed E-state index contributed by atoms with van der Waals surface area (Å²) in [5, 5.41) is 1.36. The van der Waals surface area contributed by atoms with Gasteiger partial charge >= 0.3 is 0 Å². The summed E-state index contributed by atoms with van der Waals surface area (Å²) in [7, 11) is 0. The van der Waals surface area contributed by atoms with Crippen LogP contribution in [-0.4, -0.2) is 20.6 Å². The molecule has 0 bridgehead atoms. The summed E-state index contributed by atoms with van der Waals surface area (Å²) in [5.41, 5.74) is 2.01. The van der Waals surface area contributed by atoms with Gasteiger partial charge in [-0.15, -0.1) is 11.6 Å². The average Bonchev–Trinajstić information content (AvgIpc) is 3.03. The Hall–Kier alpha value is -0.380. The molecule has 0 spiro atoms. The van der Waals surface area contributed by atoms with Gasteiger partial charge < -0.3 is 4.57 Å². The standard InChI is InChI=1S/C16H20Cl2N2S/c1-3-21-12-8-7-11(9-12)20-14-6-4-5-13(18)15(14)19-16(20)10(2)17/h4-6,10-12H,3,7-9H2,1-2H3. The molecular formula is C16H20Cl2N2S. The summed E-state index contributed by atoms with van der Waals surface area (Å²) in [6.45, 7) is 4.22. The van der Waals surface area contributed by atoms with Crippen LogP contribution >= 0.6 is 35.0 Å². The zero-order valence-corrected chi connectivity index (χ0v) is 14.7. The van der Waals surface area contributed by atoms with E-state index in [-0.39, 0.29) is 5.38 Å². The Balaban J connectivity index is 2.04. The lowest BCUT2D eigenvalue weighted by Crippen LogP contribution is -2.11. The maximum atomic E-state index is 6.38. The van der Waals surface area contributed by atoms with E-state index in [9.17, 15) is 0 Å². The van der Waals surface area contributed by atoms with Crippen LogP contribution in [0.5, 0.6) is 0 Å². The summed E-state index contributed by atoms with van der Waals surface area (Å²) in [6, 6.07) is 6.50. The minimum Gasteiger partial charge on any atom is -0.324 e. The van der Waals surface area contributed by atoms with Gasteiger partial charge in [0.2, 0.25) is 0 Å². The summed E-state index contributed by atoms with van der Waals surface area (Å²) in [4.78, 5) is 4.72. The highest BCUT2D eigenvalue weighted by Gasteiger charge is 2.30. The first-order valence-electron chi connectivity index (χ1n) is 7.53. The van der Waals surface area contributed by atoms with E-state index < -0.39 is 0 Å². The van der Waals surface area contributed by atoms with E-state index >= 15 is 0 Å². The number of para-hydroxylation sites is 1. The van der Waals surface area contributed by atoms with Gasteiger partial charge in [0, 0.05) is 11.3 Å². The summed E-state index contributed by atoms with van der Waals surface area (Å²) in [6.07, 6.45) is 3.68. The monoisotopic (exact) mass is 342 g/mol. The summed E-state index contributed by atoms with van der Waals surface area (Å²) in [5.74, 6) is 2.14. The van der Waals surface area contributed by atoms with Gasteiger partial charge in [0.15, 0.2) is 0 Å². The number of alkyl halides is 1. The normalized spacial score (nSPS) is 23.8. The molecule has 0 N–H and O–H groups in total. The van der Waals surface area contributed by atoms with E-state index in [0.717, 1.165) is 22.1 Å². The number of nitrogens with zero attached hydrogens (tertiary/aromatic N) is 2. The minimum atomic E-state index is -0.105. The second-order valence-electron chi connectivity index (χ2n) is 5.61. The Morgan fingerprint density at radius 3 is 2.95 bits per heavy atom. The molecule has 0 saturated heterocycles. The van der Waals surface area contributed by atoms with Crippen LogP contribution in [0.25, 0.3) is 11.0 Å². The maximum Gasteiger partial charge on any atom is 0.128 e. The molecule has 1 fully saturated rings. The van der Waals surface area contributed by atoms with Crippen molar-refractivity contribution >= 4 is 46.0 Å². The van der Waals surface area contributed by atoms with Crippen LogP contribution in [0, 0.1) is 0 Å². The van der Waals surface area contributed by atoms with Crippen LogP contribution in [-0.2, 0) is 0 Å². The predicted molar refractivity (Wildman–Crippen MR) is 93.8 cm³/mol. The van der Waals surface area contributed by atoms with Crippen molar-refractivity contribution in [2.75, 3.05) is 5.75 Å². The Morgan fingerprint density at radius 1 is 1.43 bits per heavy atom. The number of thioether (sulfide) groups is 1. The minimum absolute atomic E-state index is 0.105. The van der Waals surface area contributed by atoms with E-state index in [1.54, 1.807) is 0 Å². The molecule has 2 aromatic rings. The molecule has 3 unspecified atom stereocenters. The fraction of sp³-hybridized carbons (Fsp3) is 0.562. The van der Waals surface area contributed by atoms with Crippen molar-refractivity contribution in [2.24, 2.45) is 0 Å². The Labute approximate surface area is 140 Å². The quantitative estimate of drug-likeness (QED) is 0.650. The van der Waals surface area contributed by atoms with Crippen molar-refractivity contribution in [1.29, 1.82) is 0 Å². The number of hydrogen-bond donors (Lipinski definition) is 0. The Bertz CT molecular complexity index is 638. The van der Waals surface area contributed by atoms with Gasteiger partial charge in [-0.3, -0.25) is 0 Å². The van der Waals surface area contributed by atoms with Gasteiger partial charge in [-0.25, -0.2) is 4.98 Å². The third kappa shape index (κ3) is 2.93. The van der Waals surface area contributed by atoms with E-state index in [4.69, 9.17) is 28.2 Å². The SMILES string of the molecule is CCSC1CCC(n2c(C(C)Cl)nc3c(Cl)cccc32)C1. The number of benzene rings is 1. The predicted octanol–water partition coefficient (Wildman–Crippen LogP) is 5.84. The second-order valence-corrected chi connectivity index (χ2v) is 8.25. The first-order chi connectivity index (χ1) is 10.1. The molecule has 1 heterocycles. The van der Waals surface area contributed by atoms with Crippen LogP contribution in [0.1, 0.15) is 50.4 Å². The smallest absolute Gasteiger partial charge is 0.128 e. The molecule has 0 amide bonds. The van der Waals surface area contributed by atoms with Crippen LogP contribution in [0.4, 0.5) is 0 Å². The third-order valence-corrected chi connectivity index (χ3v) is 5.91. The van der Waals surface area contributed by atoms with Gasteiger partial charge in [-0.2, -0.15) is 11.8 Å². The van der Waals surface area contributed by atoms with Gasteiger partial charge in [0.05, 0.1) is 15.9 Å². The number of halogens is 2. The maximum absolute atomic E-state index is 6.38. The molecule has 21 heavy (non-hydrogen) atoms. The van der Waals surface area contributed by atoms with Crippen molar-refractivity contribution in [2.45, 2.75) is 49.8 Å². The highest BCUT2D eigenvalue weighted by Crippen LogP contribution is 2.41. The van der Waals surface area contributed by atoms with Gasteiger partial charge in [-0.1, -0.05) is 24.6 Å². The molecule has 1 aliphatic rings. The molecule has 1 aliphatic carbocycles. The van der Waals surface area contributed by atoms with Crippen LogP contribution in [0.2, 0.25) is 5.02 Å². The average molecular weight is 343 g/mol. The van der Waals surface area contributed by atoms with Crippen LogP contribution < -0.4 is 0 Å². The number of aromatic nitrogens is 2. The fourth-order valence-corrected chi connectivity index (χ4v) is 4.80. The molecule has 2 nitrogen and oxygen atoms in total. The number of fused-ring (bicyclic) bond motifs is 1. The highest BCUT2D eigenvalue weighted by molar-refractivity contribution is 7.99. The first kappa shape index (κ1) is 15.5. The Kier molecular flexibility index (Phi) is 4.72. The second kappa shape index (κ2) is 6.39. The van der Waals surface area contributed by atoms with Crippen LogP contribution in [0.3, 0.4) is 0 Å². The van der Waals surface area contributed by atoms with Crippen molar-refractivity contribution in [3.8, 4) is 0 Å². The number of imidazole rings is 1. The van der Waals surface area contributed by atoms with Gasteiger partial charge in [0.1, 0.15) is 11.3 Å². The zero-order valence-electron chi connectivity index (χ0n) is 12.4. The summed E-state index contributed by atoms with van der Waals surface area (Å²) < 4.78 is 2.34. The lowest BCUT2D eigenvalue weighted by molar-refractivity contribution is 0.511. The third-order valence-electron chi connectivity index (χ3n) is 4.18. The van der Waals surface area contributed by atoms with E-state index in [0.29, 0.717) is 11.1 Å². The molecule has 1 aromatic heterocycles. The lowest BCUT2D eigenvalue weighted by atomic mass is 10.2. The fourth-order valence-electron chi connectivity index (χ4n) is 3.30. The van der Waals surface area contributed by atoms with Crippen molar-refractivity contribution in [1.82, 2.24) is 9.55 Å². The van der Waals surface area contributed by atoms with E-state index in [2.05, 4.69) is 29.3 Å². The van der Waals surface area contributed by atoms with Crippen molar-refractivity contribution in [3.63, 3.8) is 0 Å². The van der Waals surface area contributed by atoms with Gasteiger partial charge in [-0.05, 0) is 44.1 Å².